The molecule has 8 heteroatoms. The van der Waals surface area contributed by atoms with E-state index in [1.54, 1.807) is 0 Å². The lowest BCUT2D eigenvalue weighted by molar-refractivity contribution is 0.607. The zero-order chi connectivity index (χ0) is 22.7. The second-order valence-electron chi connectivity index (χ2n) is 7.86. The number of anilines is 3. The van der Waals surface area contributed by atoms with Crippen molar-refractivity contribution in [2.75, 3.05) is 17.2 Å². The standard InChI is InChI=1S/C26H21N7O/c1-2-6-18(7-3-1)24-33-22-23(28-16-29-25(22)34-24)27-15-14-17-10-12-19(13-11-17)30-26-31-20-8-4-5-9-21(20)32-26/h1-13,16H,14-15H2,(H,27,28,29)(H2,30,31,32). The zero-order valence-electron chi connectivity index (χ0n) is 18.2. The smallest absolute Gasteiger partial charge is 0.252 e. The van der Waals surface area contributed by atoms with Gasteiger partial charge in [0.15, 0.2) is 11.3 Å². The SMILES string of the molecule is c1ccc(-c2nc3c(NCCc4ccc(Nc5nc6ccccc6[nH]5)cc4)ncnc3o2)cc1. The van der Waals surface area contributed by atoms with Crippen LogP contribution in [0.2, 0.25) is 0 Å². The third-order valence-electron chi connectivity index (χ3n) is 5.53. The lowest BCUT2D eigenvalue weighted by Crippen LogP contribution is -2.07. The number of nitrogens with zero attached hydrogens (tertiary/aromatic N) is 4. The lowest BCUT2D eigenvalue weighted by atomic mass is 10.1. The molecule has 0 saturated heterocycles. The summed E-state index contributed by atoms with van der Waals surface area (Å²) in [5, 5.41) is 6.69. The van der Waals surface area contributed by atoms with E-state index in [2.05, 4.69) is 59.8 Å². The number of hydrogen-bond acceptors (Lipinski definition) is 7. The van der Waals surface area contributed by atoms with Gasteiger partial charge in [0.25, 0.3) is 5.71 Å². The number of oxazole rings is 1. The van der Waals surface area contributed by atoms with Crippen LogP contribution in [0.4, 0.5) is 17.5 Å². The van der Waals surface area contributed by atoms with E-state index in [1.165, 1.54) is 11.9 Å². The van der Waals surface area contributed by atoms with Gasteiger partial charge in [0, 0.05) is 17.8 Å². The van der Waals surface area contributed by atoms with Gasteiger partial charge >= 0.3 is 0 Å². The Morgan fingerprint density at radius 2 is 1.65 bits per heavy atom. The van der Waals surface area contributed by atoms with Crippen LogP contribution in [0, 0.1) is 0 Å². The molecule has 8 nitrogen and oxygen atoms in total. The van der Waals surface area contributed by atoms with Gasteiger partial charge in [-0.25, -0.2) is 15.0 Å². The first-order valence-electron chi connectivity index (χ1n) is 11.0. The van der Waals surface area contributed by atoms with Crippen molar-refractivity contribution in [3.05, 3.63) is 90.8 Å². The zero-order valence-corrected chi connectivity index (χ0v) is 18.2. The quantitative estimate of drug-likeness (QED) is 0.294. The maximum absolute atomic E-state index is 5.82. The van der Waals surface area contributed by atoms with Crippen LogP contribution in [0.1, 0.15) is 5.56 Å². The number of nitrogens with one attached hydrogen (secondary N) is 3. The predicted molar refractivity (Wildman–Crippen MR) is 133 cm³/mol. The topological polar surface area (TPSA) is 105 Å². The highest BCUT2D eigenvalue weighted by Gasteiger charge is 2.13. The number of hydrogen-bond donors (Lipinski definition) is 3. The highest BCUT2D eigenvalue weighted by Crippen LogP contribution is 2.26. The van der Waals surface area contributed by atoms with Crippen molar-refractivity contribution in [1.29, 1.82) is 0 Å². The van der Waals surface area contributed by atoms with Gasteiger partial charge in [0.2, 0.25) is 11.8 Å². The maximum Gasteiger partial charge on any atom is 0.252 e. The minimum absolute atomic E-state index is 0.470. The van der Waals surface area contributed by atoms with Crippen molar-refractivity contribution >= 4 is 39.7 Å². The number of imidazole rings is 1. The van der Waals surface area contributed by atoms with Crippen molar-refractivity contribution in [3.63, 3.8) is 0 Å². The molecule has 3 heterocycles. The molecule has 3 N–H and O–H groups in total. The highest BCUT2D eigenvalue weighted by atomic mass is 16.4. The Balaban J connectivity index is 1.10. The number of aromatic amines is 1. The Bertz CT molecular complexity index is 1520. The minimum atomic E-state index is 0.470. The van der Waals surface area contributed by atoms with Crippen LogP contribution in [0.5, 0.6) is 0 Å². The first-order valence-corrected chi connectivity index (χ1v) is 11.0. The van der Waals surface area contributed by atoms with E-state index in [4.69, 9.17) is 4.42 Å². The van der Waals surface area contributed by atoms with Crippen LogP contribution >= 0.6 is 0 Å². The van der Waals surface area contributed by atoms with Gasteiger partial charge in [-0.3, -0.25) is 0 Å². The molecular formula is C26H21N7O. The molecule has 0 amide bonds. The van der Waals surface area contributed by atoms with Gasteiger partial charge in [0.1, 0.15) is 6.33 Å². The Morgan fingerprint density at radius 3 is 2.50 bits per heavy atom. The number of benzene rings is 3. The fourth-order valence-electron chi connectivity index (χ4n) is 3.82. The van der Waals surface area contributed by atoms with E-state index in [9.17, 15) is 0 Å². The van der Waals surface area contributed by atoms with E-state index in [1.807, 2.05) is 54.6 Å². The van der Waals surface area contributed by atoms with E-state index in [0.29, 0.717) is 29.5 Å². The summed E-state index contributed by atoms with van der Waals surface area (Å²) in [7, 11) is 0. The average Bonchev–Trinajstić information content (AvgIpc) is 3.50. The summed E-state index contributed by atoms with van der Waals surface area (Å²) in [6.07, 6.45) is 2.32. The predicted octanol–water partition coefficient (Wildman–Crippen LogP) is 5.56. The molecule has 0 aliphatic rings. The second kappa shape index (κ2) is 8.67. The van der Waals surface area contributed by atoms with Crippen molar-refractivity contribution < 1.29 is 4.42 Å². The molecule has 0 atom stereocenters. The second-order valence-corrected chi connectivity index (χ2v) is 7.86. The fraction of sp³-hybridized carbons (Fsp3) is 0.0769. The normalized spacial score (nSPS) is 11.2. The molecule has 166 valence electrons. The van der Waals surface area contributed by atoms with Crippen LogP contribution in [-0.4, -0.2) is 31.5 Å². The molecule has 0 bridgehead atoms. The van der Waals surface area contributed by atoms with Gasteiger partial charge < -0.3 is 20.0 Å². The Labute approximate surface area is 195 Å². The van der Waals surface area contributed by atoms with Gasteiger partial charge in [-0.2, -0.15) is 4.98 Å². The van der Waals surface area contributed by atoms with Crippen LogP contribution in [0.25, 0.3) is 33.7 Å². The van der Waals surface area contributed by atoms with E-state index < -0.39 is 0 Å². The first kappa shape index (κ1) is 19.9. The molecule has 0 aliphatic carbocycles. The number of aromatic nitrogens is 5. The fourth-order valence-corrected chi connectivity index (χ4v) is 3.82. The monoisotopic (exact) mass is 447 g/mol. The Hall–Kier alpha value is -4.72. The first-order chi connectivity index (χ1) is 16.8. The summed E-state index contributed by atoms with van der Waals surface area (Å²) < 4.78 is 5.82. The van der Waals surface area contributed by atoms with E-state index >= 15 is 0 Å². The molecule has 3 aromatic heterocycles. The summed E-state index contributed by atoms with van der Waals surface area (Å²) in [4.78, 5) is 21.0. The molecule has 0 unspecified atom stereocenters. The molecular weight excluding hydrogens is 426 g/mol. The van der Waals surface area contributed by atoms with Gasteiger partial charge in [-0.15, -0.1) is 0 Å². The summed E-state index contributed by atoms with van der Waals surface area (Å²) in [6.45, 7) is 0.704. The van der Waals surface area contributed by atoms with Crippen molar-refractivity contribution in [1.82, 2.24) is 24.9 Å². The molecule has 6 rings (SSSR count). The van der Waals surface area contributed by atoms with Crippen molar-refractivity contribution in [2.24, 2.45) is 0 Å². The van der Waals surface area contributed by atoms with Gasteiger partial charge in [-0.05, 0) is 48.4 Å². The molecule has 6 aromatic rings. The van der Waals surface area contributed by atoms with Crippen LogP contribution in [-0.2, 0) is 6.42 Å². The Kier molecular flexibility index (Phi) is 5.08. The number of fused-ring (bicyclic) bond motifs is 2. The number of rotatable bonds is 7. The molecule has 0 saturated carbocycles. The van der Waals surface area contributed by atoms with E-state index in [-0.39, 0.29) is 0 Å². The van der Waals surface area contributed by atoms with Gasteiger partial charge in [0.05, 0.1) is 11.0 Å². The third-order valence-corrected chi connectivity index (χ3v) is 5.53. The molecule has 0 fully saturated rings. The number of H-pyrrole nitrogens is 1. The molecule has 0 radical (unpaired) electrons. The highest BCUT2D eigenvalue weighted by molar-refractivity contribution is 5.83. The summed E-state index contributed by atoms with van der Waals surface area (Å²) in [5.74, 6) is 1.93. The molecule has 0 spiro atoms. The average molecular weight is 448 g/mol. The van der Waals surface area contributed by atoms with Crippen LogP contribution < -0.4 is 10.6 Å². The largest absolute Gasteiger partial charge is 0.417 e. The molecule has 0 aliphatic heterocycles. The Morgan fingerprint density at radius 1 is 0.824 bits per heavy atom. The molecule has 3 aromatic carbocycles. The van der Waals surface area contributed by atoms with Crippen molar-refractivity contribution in [2.45, 2.75) is 6.42 Å². The third kappa shape index (κ3) is 4.04. The van der Waals surface area contributed by atoms with E-state index in [0.717, 1.165) is 34.7 Å². The summed E-state index contributed by atoms with van der Waals surface area (Å²) in [6, 6.07) is 26.0. The summed E-state index contributed by atoms with van der Waals surface area (Å²) in [5.41, 5.74) is 6.14. The van der Waals surface area contributed by atoms with Crippen molar-refractivity contribution in [3.8, 4) is 11.5 Å². The number of para-hydroxylation sites is 2. The lowest BCUT2D eigenvalue weighted by Gasteiger charge is -2.07. The summed E-state index contributed by atoms with van der Waals surface area (Å²) >= 11 is 0. The van der Waals surface area contributed by atoms with Crippen LogP contribution in [0.15, 0.2) is 89.6 Å². The van der Waals surface area contributed by atoms with Gasteiger partial charge in [-0.1, -0.05) is 42.5 Å². The maximum atomic E-state index is 5.82. The minimum Gasteiger partial charge on any atom is -0.417 e. The molecule has 34 heavy (non-hydrogen) atoms. The van der Waals surface area contributed by atoms with Crippen LogP contribution in [0.3, 0.4) is 0 Å².